The Labute approximate surface area is 141 Å². The molecule has 1 aliphatic heterocycles. The lowest BCUT2D eigenvalue weighted by Gasteiger charge is -2.38. The van der Waals surface area contributed by atoms with Gasteiger partial charge in [-0.15, -0.1) is 0 Å². The van der Waals surface area contributed by atoms with Gasteiger partial charge in [0.2, 0.25) is 0 Å². The molecule has 0 amide bonds. The minimum absolute atomic E-state index is 0.398. The van der Waals surface area contributed by atoms with Gasteiger partial charge in [0.1, 0.15) is 11.5 Å². The van der Waals surface area contributed by atoms with Crippen molar-refractivity contribution in [2.75, 3.05) is 20.8 Å². The number of nitrogens with zero attached hydrogens (tertiary/aromatic N) is 1. The van der Waals surface area contributed by atoms with Gasteiger partial charge in [-0.25, -0.2) is 0 Å². The van der Waals surface area contributed by atoms with Gasteiger partial charge in [0, 0.05) is 30.3 Å². The van der Waals surface area contributed by atoms with E-state index in [0.717, 1.165) is 30.5 Å². The van der Waals surface area contributed by atoms with Gasteiger partial charge in [-0.3, -0.25) is 4.90 Å². The Kier molecular flexibility index (Phi) is 5.15. The summed E-state index contributed by atoms with van der Waals surface area (Å²) >= 11 is 0. The lowest BCUT2D eigenvalue weighted by molar-refractivity contribution is 0.139. The van der Waals surface area contributed by atoms with Crippen LogP contribution < -0.4 is 9.47 Å². The van der Waals surface area contributed by atoms with Crippen LogP contribution in [0.25, 0.3) is 0 Å². The molecule has 1 aromatic carbocycles. The lowest BCUT2D eigenvalue weighted by atomic mass is 9.88. The Bertz CT molecular complexity index is 547. The van der Waals surface area contributed by atoms with Gasteiger partial charge in [-0.2, -0.15) is 0 Å². The van der Waals surface area contributed by atoms with Crippen molar-refractivity contribution in [1.82, 2.24) is 4.90 Å². The van der Waals surface area contributed by atoms with E-state index in [1.807, 2.05) is 0 Å². The minimum Gasteiger partial charge on any atom is -0.496 e. The Morgan fingerprint density at radius 1 is 1.09 bits per heavy atom. The third kappa shape index (κ3) is 3.21. The first-order chi connectivity index (χ1) is 11.2. The van der Waals surface area contributed by atoms with Crippen molar-refractivity contribution >= 4 is 0 Å². The predicted molar refractivity (Wildman–Crippen MR) is 94.6 cm³/mol. The standard InChI is InChI=1S/C20H31NO2/c1-14(2)19-18(22-3)12-15-10-11-21(13-17(15)20(19)23-4)16-8-6-5-7-9-16/h12,14,16H,5-11,13H2,1-4H3. The average molecular weight is 317 g/mol. The summed E-state index contributed by atoms with van der Waals surface area (Å²) in [6, 6.07) is 3.02. The number of hydrogen-bond acceptors (Lipinski definition) is 3. The van der Waals surface area contributed by atoms with E-state index in [1.165, 1.54) is 55.3 Å². The van der Waals surface area contributed by atoms with Crippen LogP contribution >= 0.6 is 0 Å². The summed E-state index contributed by atoms with van der Waals surface area (Å²) in [5.74, 6) is 2.45. The van der Waals surface area contributed by atoms with Crippen molar-refractivity contribution in [3.63, 3.8) is 0 Å². The Balaban J connectivity index is 1.95. The molecule has 3 nitrogen and oxygen atoms in total. The zero-order valence-electron chi connectivity index (χ0n) is 15.2. The van der Waals surface area contributed by atoms with Crippen LogP contribution in [0, 0.1) is 0 Å². The highest BCUT2D eigenvalue weighted by Crippen LogP contribution is 2.42. The molecule has 1 heterocycles. The molecule has 1 saturated carbocycles. The summed E-state index contributed by atoms with van der Waals surface area (Å²) in [6.07, 6.45) is 8.04. The molecule has 23 heavy (non-hydrogen) atoms. The Hall–Kier alpha value is -1.22. The molecule has 1 aromatic rings. The molecule has 3 rings (SSSR count). The lowest BCUT2D eigenvalue weighted by Crippen LogP contribution is -2.40. The summed E-state index contributed by atoms with van der Waals surface area (Å²) in [4.78, 5) is 2.70. The Morgan fingerprint density at radius 3 is 2.43 bits per heavy atom. The maximum atomic E-state index is 5.88. The van der Waals surface area contributed by atoms with Crippen LogP contribution in [0.2, 0.25) is 0 Å². The normalized spacial score (nSPS) is 19.7. The van der Waals surface area contributed by atoms with Gasteiger partial charge in [0.05, 0.1) is 14.2 Å². The van der Waals surface area contributed by atoms with Crippen molar-refractivity contribution in [2.24, 2.45) is 0 Å². The van der Waals surface area contributed by atoms with E-state index in [1.54, 1.807) is 14.2 Å². The number of rotatable bonds is 4. The van der Waals surface area contributed by atoms with Crippen LogP contribution in [0.4, 0.5) is 0 Å². The largest absolute Gasteiger partial charge is 0.496 e. The molecule has 0 saturated heterocycles. The molecule has 0 atom stereocenters. The smallest absolute Gasteiger partial charge is 0.130 e. The van der Waals surface area contributed by atoms with E-state index >= 15 is 0 Å². The van der Waals surface area contributed by atoms with Gasteiger partial charge in [-0.1, -0.05) is 33.1 Å². The summed E-state index contributed by atoms with van der Waals surface area (Å²) in [5.41, 5.74) is 4.03. The first-order valence-corrected chi connectivity index (χ1v) is 9.16. The first-order valence-electron chi connectivity index (χ1n) is 9.16. The van der Waals surface area contributed by atoms with Crippen LogP contribution in [-0.4, -0.2) is 31.7 Å². The second kappa shape index (κ2) is 7.12. The zero-order chi connectivity index (χ0) is 16.4. The van der Waals surface area contributed by atoms with Crippen LogP contribution in [0.5, 0.6) is 11.5 Å². The van der Waals surface area contributed by atoms with Crippen LogP contribution in [-0.2, 0) is 13.0 Å². The highest BCUT2D eigenvalue weighted by Gasteiger charge is 2.29. The molecule has 1 aliphatic carbocycles. The second-order valence-electron chi connectivity index (χ2n) is 7.33. The van der Waals surface area contributed by atoms with Crippen molar-refractivity contribution in [1.29, 1.82) is 0 Å². The maximum absolute atomic E-state index is 5.88. The number of ether oxygens (including phenoxy) is 2. The number of fused-ring (bicyclic) bond motifs is 1. The van der Waals surface area contributed by atoms with Crippen LogP contribution in [0.1, 0.15) is 68.6 Å². The van der Waals surface area contributed by atoms with Gasteiger partial charge >= 0.3 is 0 Å². The zero-order valence-corrected chi connectivity index (χ0v) is 15.2. The fourth-order valence-corrected chi connectivity index (χ4v) is 4.39. The molecular weight excluding hydrogens is 286 g/mol. The molecule has 0 N–H and O–H groups in total. The maximum Gasteiger partial charge on any atom is 0.130 e. The molecule has 0 aromatic heterocycles. The van der Waals surface area contributed by atoms with Crippen molar-refractivity contribution in [3.8, 4) is 11.5 Å². The number of benzene rings is 1. The molecule has 2 aliphatic rings. The van der Waals surface area contributed by atoms with E-state index in [2.05, 4.69) is 24.8 Å². The Morgan fingerprint density at radius 2 is 1.83 bits per heavy atom. The van der Waals surface area contributed by atoms with Gasteiger partial charge < -0.3 is 9.47 Å². The summed E-state index contributed by atoms with van der Waals surface area (Å²) in [6.45, 7) is 6.64. The third-order valence-corrected chi connectivity index (χ3v) is 5.60. The fourth-order valence-electron chi connectivity index (χ4n) is 4.39. The number of hydrogen-bond donors (Lipinski definition) is 0. The highest BCUT2D eigenvalue weighted by molar-refractivity contribution is 5.56. The number of methoxy groups -OCH3 is 2. The van der Waals surface area contributed by atoms with E-state index in [-0.39, 0.29) is 0 Å². The molecule has 3 heteroatoms. The van der Waals surface area contributed by atoms with Gasteiger partial charge in [0.25, 0.3) is 0 Å². The molecular formula is C20H31NO2. The SMILES string of the molecule is COc1cc2c(c(OC)c1C(C)C)CN(C1CCCCC1)CC2. The van der Waals surface area contributed by atoms with Gasteiger partial charge in [0.15, 0.2) is 0 Å². The summed E-state index contributed by atoms with van der Waals surface area (Å²) in [7, 11) is 3.57. The van der Waals surface area contributed by atoms with Crippen molar-refractivity contribution < 1.29 is 9.47 Å². The summed E-state index contributed by atoms with van der Waals surface area (Å²) in [5, 5.41) is 0. The monoisotopic (exact) mass is 317 g/mol. The minimum atomic E-state index is 0.398. The van der Waals surface area contributed by atoms with E-state index in [4.69, 9.17) is 9.47 Å². The summed E-state index contributed by atoms with van der Waals surface area (Å²) < 4.78 is 11.5. The topological polar surface area (TPSA) is 21.7 Å². The molecule has 0 unspecified atom stereocenters. The van der Waals surface area contributed by atoms with Crippen molar-refractivity contribution in [3.05, 3.63) is 22.8 Å². The average Bonchev–Trinajstić information content (AvgIpc) is 2.60. The van der Waals surface area contributed by atoms with Gasteiger partial charge in [-0.05, 0) is 36.8 Å². The molecule has 0 bridgehead atoms. The molecule has 0 spiro atoms. The molecule has 0 radical (unpaired) electrons. The predicted octanol–water partition coefficient (Wildman–Crippen LogP) is 4.52. The van der Waals surface area contributed by atoms with E-state index in [9.17, 15) is 0 Å². The van der Waals surface area contributed by atoms with E-state index in [0.29, 0.717) is 5.92 Å². The van der Waals surface area contributed by atoms with Crippen molar-refractivity contribution in [2.45, 2.75) is 70.9 Å². The van der Waals surface area contributed by atoms with E-state index < -0.39 is 0 Å². The molecule has 128 valence electrons. The highest BCUT2D eigenvalue weighted by atomic mass is 16.5. The van der Waals surface area contributed by atoms with Crippen LogP contribution in [0.3, 0.4) is 0 Å². The fraction of sp³-hybridized carbons (Fsp3) is 0.700. The van der Waals surface area contributed by atoms with Crippen LogP contribution in [0.15, 0.2) is 6.07 Å². The third-order valence-electron chi connectivity index (χ3n) is 5.60. The second-order valence-corrected chi connectivity index (χ2v) is 7.33. The quantitative estimate of drug-likeness (QED) is 0.815. The first kappa shape index (κ1) is 16.6. The molecule has 1 fully saturated rings.